The lowest BCUT2D eigenvalue weighted by Gasteiger charge is -2.41. The first kappa shape index (κ1) is 30.7. The van der Waals surface area contributed by atoms with E-state index >= 15 is 0 Å². The number of halogens is 2. The summed E-state index contributed by atoms with van der Waals surface area (Å²) in [4.78, 5) is 23.9. The van der Waals surface area contributed by atoms with E-state index in [1.165, 1.54) is 6.07 Å². The predicted octanol–water partition coefficient (Wildman–Crippen LogP) is 7.43. The maximum Gasteiger partial charge on any atom is 0.337 e. The van der Waals surface area contributed by atoms with Crippen LogP contribution in [0.1, 0.15) is 70.4 Å². The molecule has 1 atom stereocenters. The Hall–Kier alpha value is -3.23. The molecule has 1 fully saturated rings. The van der Waals surface area contributed by atoms with Gasteiger partial charge in [-0.25, -0.2) is 14.2 Å². The van der Waals surface area contributed by atoms with Crippen molar-refractivity contribution in [2.24, 2.45) is 5.41 Å². The van der Waals surface area contributed by atoms with Crippen LogP contribution in [0.15, 0.2) is 42.7 Å². The molecule has 220 valence electrons. The summed E-state index contributed by atoms with van der Waals surface area (Å²) in [5, 5.41) is 10.6. The molecule has 4 rings (SSSR count). The van der Waals surface area contributed by atoms with E-state index in [4.69, 9.17) is 21.1 Å². The lowest BCUT2D eigenvalue weighted by Crippen LogP contribution is -2.39. The minimum absolute atomic E-state index is 0.194. The van der Waals surface area contributed by atoms with Gasteiger partial charge in [0.1, 0.15) is 10.8 Å². The summed E-state index contributed by atoms with van der Waals surface area (Å²) >= 11 is 6.62. The van der Waals surface area contributed by atoms with Gasteiger partial charge in [-0.05, 0) is 63.6 Å². The van der Waals surface area contributed by atoms with Crippen LogP contribution in [0.3, 0.4) is 0 Å². The molecule has 1 aromatic carbocycles. The Bertz CT molecular complexity index is 1400. The summed E-state index contributed by atoms with van der Waals surface area (Å²) in [6.07, 6.45) is 4.47. The molecule has 0 aliphatic carbocycles. The monoisotopic (exact) mass is 583 g/mol. The molecule has 1 aliphatic heterocycles. The summed E-state index contributed by atoms with van der Waals surface area (Å²) in [6, 6.07) is 8.32. The van der Waals surface area contributed by atoms with Crippen molar-refractivity contribution in [3.8, 4) is 17.0 Å². The van der Waals surface area contributed by atoms with E-state index in [9.17, 15) is 14.3 Å². The van der Waals surface area contributed by atoms with Crippen molar-refractivity contribution in [1.82, 2.24) is 9.97 Å². The Kier molecular flexibility index (Phi) is 9.24. The molecule has 0 amide bonds. The number of anilines is 1. The molecule has 1 aliphatic rings. The number of benzene rings is 1. The number of carboxylic acids is 1. The van der Waals surface area contributed by atoms with Gasteiger partial charge in [-0.1, -0.05) is 43.6 Å². The van der Waals surface area contributed by atoms with Crippen LogP contribution < -0.4 is 9.64 Å². The molecular weight excluding hydrogens is 545 g/mol. The van der Waals surface area contributed by atoms with Crippen LogP contribution in [0.2, 0.25) is 5.02 Å². The first-order chi connectivity index (χ1) is 19.3. The van der Waals surface area contributed by atoms with Crippen molar-refractivity contribution < 1.29 is 23.8 Å². The highest BCUT2D eigenvalue weighted by Crippen LogP contribution is 2.44. The van der Waals surface area contributed by atoms with Crippen molar-refractivity contribution in [3.05, 3.63) is 70.4 Å². The standard InChI is InChI=1S/C32H39ClFN3O4/c1-20-26(28(30(38)39)41-31(2,3)4)27(37-14-12-32(5,6)13-15-37)23(19-35-20)22-17-24(33)29(36-18-22)40-16-11-21-9-7-8-10-25(21)34/h7-10,17-19,28H,11-16H2,1-6H3,(H,38,39). The number of hydrogen-bond donors (Lipinski definition) is 1. The van der Waals surface area contributed by atoms with Crippen molar-refractivity contribution in [2.75, 3.05) is 24.6 Å². The van der Waals surface area contributed by atoms with Gasteiger partial charge in [0.2, 0.25) is 5.88 Å². The molecule has 0 bridgehead atoms. The van der Waals surface area contributed by atoms with Crippen LogP contribution in [0.25, 0.3) is 11.1 Å². The van der Waals surface area contributed by atoms with Crippen LogP contribution in [0.5, 0.6) is 5.88 Å². The summed E-state index contributed by atoms with van der Waals surface area (Å²) in [5.41, 5.74) is 3.36. The molecular formula is C32H39ClFN3O4. The molecule has 1 saturated heterocycles. The molecule has 0 radical (unpaired) electrons. The number of aryl methyl sites for hydroxylation is 1. The molecule has 3 aromatic rings. The number of nitrogens with zero attached hydrogens (tertiary/aromatic N) is 3. The van der Waals surface area contributed by atoms with E-state index < -0.39 is 17.7 Å². The molecule has 1 N–H and O–H groups in total. The fourth-order valence-corrected chi connectivity index (χ4v) is 5.25. The second-order valence-corrected chi connectivity index (χ2v) is 12.7. The first-order valence-corrected chi connectivity index (χ1v) is 14.3. The van der Waals surface area contributed by atoms with Gasteiger partial charge < -0.3 is 19.5 Å². The van der Waals surface area contributed by atoms with Gasteiger partial charge in [-0.15, -0.1) is 0 Å². The fourth-order valence-electron chi connectivity index (χ4n) is 5.03. The number of ether oxygens (including phenoxy) is 2. The zero-order valence-corrected chi connectivity index (χ0v) is 25.4. The van der Waals surface area contributed by atoms with Crippen LogP contribution in [-0.4, -0.2) is 46.3 Å². The number of piperidine rings is 1. The van der Waals surface area contributed by atoms with E-state index in [0.29, 0.717) is 33.8 Å². The van der Waals surface area contributed by atoms with Crippen molar-refractivity contribution in [2.45, 2.75) is 72.5 Å². The van der Waals surface area contributed by atoms with Gasteiger partial charge in [-0.3, -0.25) is 4.98 Å². The second kappa shape index (κ2) is 12.3. The van der Waals surface area contributed by atoms with Gasteiger partial charge in [0.15, 0.2) is 6.10 Å². The molecule has 7 nitrogen and oxygen atoms in total. The second-order valence-electron chi connectivity index (χ2n) is 12.3. The minimum Gasteiger partial charge on any atom is -0.479 e. The van der Waals surface area contributed by atoms with Gasteiger partial charge in [-0.2, -0.15) is 0 Å². The highest BCUT2D eigenvalue weighted by molar-refractivity contribution is 6.32. The lowest BCUT2D eigenvalue weighted by molar-refractivity contribution is -0.160. The number of aliphatic carboxylic acids is 1. The highest BCUT2D eigenvalue weighted by Gasteiger charge is 2.36. The number of rotatable bonds is 9. The Morgan fingerprint density at radius 3 is 2.46 bits per heavy atom. The molecule has 3 heterocycles. The predicted molar refractivity (Wildman–Crippen MR) is 159 cm³/mol. The van der Waals surface area contributed by atoms with Crippen LogP contribution >= 0.6 is 11.6 Å². The van der Waals surface area contributed by atoms with Crippen molar-refractivity contribution >= 4 is 23.3 Å². The summed E-state index contributed by atoms with van der Waals surface area (Å²) in [7, 11) is 0. The zero-order valence-electron chi connectivity index (χ0n) is 24.6. The molecule has 0 saturated carbocycles. The van der Waals surface area contributed by atoms with Crippen LogP contribution in [0, 0.1) is 18.2 Å². The average Bonchev–Trinajstić information content (AvgIpc) is 2.89. The fraction of sp³-hybridized carbons (Fsp3) is 0.469. The highest BCUT2D eigenvalue weighted by atomic mass is 35.5. The average molecular weight is 584 g/mol. The third kappa shape index (κ3) is 7.54. The van der Waals surface area contributed by atoms with E-state index in [1.807, 2.05) is 27.7 Å². The number of hydrogen-bond acceptors (Lipinski definition) is 6. The maximum absolute atomic E-state index is 14.0. The largest absolute Gasteiger partial charge is 0.479 e. The molecule has 9 heteroatoms. The van der Waals surface area contributed by atoms with E-state index in [0.717, 1.165) is 37.2 Å². The third-order valence-corrected chi connectivity index (χ3v) is 7.64. The summed E-state index contributed by atoms with van der Waals surface area (Å²) in [5.74, 6) is -1.11. The zero-order chi connectivity index (χ0) is 29.9. The topological polar surface area (TPSA) is 84.8 Å². The number of aromatic nitrogens is 2. The normalized spacial score (nSPS) is 16.0. The molecule has 41 heavy (non-hydrogen) atoms. The smallest absolute Gasteiger partial charge is 0.337 e. The SMILES string of the molecule is Cc1ncc(-c2cnc(OCCc3ccccc3F)c(Cl)c2)c(N2CCC(C)(C)CC2)c1C(OC(C)(C)C)C(=O)O. The Morgan fingerprint density at radius 1 is 1.17 bits per heavy atom. The number of carbonyl (C=O) groups is 1. The first-order valence-electron chi connectivity index (χ1n) is 13.9. The summed E-state index contributed by atoms with van der Waals surface area (Å²) in [6.45, 7) is 13.6. The van der Waals surface area contributed by atoms with E-state index in [-0.39, 0.29) is 23.7 Å². The quantitative estimate of drug-likeness (QED) is 0.280. The van der Waals surface area contributed by atoms with Crippen molar-refractivity contribution in [1.29, 1.82) is 0 Å². The van der Waals surface area contributed by atoms with Crippen molar-refractivity contribution in [3.63, 3.8) is 0 Å². The third-order valence-electron chi connectivity index (χ3n) is 7.36. The molecule has 1 unspecified atom stereocenters. The van der Waals surface area contributed by atoms with Gasteiger partial charge in [0, 0.05) is 54.3 Å². The van der Waals surface area contributed by atoms with Gasteiger partial charge in [0.25, 0.3) is 0 Å². The maximum atomic E-state index is 14.0. The summed E-state index contributed by atoms with van der Waals surface area (Å²) < 4.78 is 25.9. The molecule has 0 spiro atoms. The number of carboxylic acid groups (broad SMARTS) is 1. The van der Waals surface area contributed by atoms with Crippen LogP contribution in [0.4, 0.5) is 10.1 Å². The van der Waals surface area contributed by atoms with E-state index in [2.05, 4.69) is 28.7 Å². The Morgan fingerprint density at radius 2 is 1.85 bits per heavy atom. The Balaban J connectivity index is 1.72. The lowest BCUT2D eigenvalue weighted by atomic mass is 9.82. The number of pyridine rings is 2. The minimum atomic E-state index is -1.21. The Labute approximate surface area is 246 Å². The van der Waals surface area contributed by atoms with Gasteiger partial charge >= 0.3 is 5.97 Å². The van der Waals surface area contributed by atoms with Gasteiger partial charge in [0.05, 0.1) is 17.9 Å². The van der Waals surface area contributed by atoms with Crippen LogP contribution in [-0.2, 0) is 16.0 Å². The molecule has 2 aromatic heterocycles. The van der Waals surface area contributed by atoms with E-state index in [1.54, 1.807) is 36.7 Å².